The molecule has 8 heteroatoms. The molecule has 2 N–H and O–H groups in total. The Hall–Kier alpha value is -2.71. The van der Waals surface area contributed by atoms with E-state index in [1.807, 2.05) is 6.07 Å². The van der Waals surface area contributed by atoms with Gasteiger partial charge in [0.25, 0.3) is 0 Å². The van der Waals surface area contributed by atoms with Gasteiger partial charge in [0.1, 0.15) is 6.04 Å². The molecule has 3 rings (SSSR count). The van der Waals surface area contributed by atoms with E-state index in [0.29, 0.717) is 11.3 Å². The third-order valence-corrected chi connectivity index (χ3v) is 5.94. The van der Waals surface area contributed by atoms with Gasteiger partial charge in [-0.1, -0.05) is 30.3 Å². The van der Waals surface area contributed by atoms with Crippen LogP contribution in [0.4, 0.5) is 5.69 Å². The summed E-state index contributed by atoms with van der Waals surface area (Å²) < 4.78 is 27.4. The van der Waals surface area contributed by atoms with Crippen LogP contribution >= 0.6 is 0 Å². The van der Waals surface area contributed by atoms with E-state index in [4.69, 9.17) is 0 Å². The Kier molecular flexibility index (Phi) is 5.06. The van der Waals surface area contributed by atoms with Gasteiger partial charge in [-0.2, -0.15) is 4.31 Å². The highest BCUT2D eigenvalue weighted by atomic mass is 32.2. The minimum absolute atomic E-state index is 0.0715. The SMILES string of the molecule is CC(=O)Nc1ccc(S(=O)(=O)N2CCNC(=O)C2c2ccccc2)cc1. The molecule has 136 valence electrons. The third kappa shape index (κ3) is 3.61. The molecule has 0 spiro atoms. The molecule has 0 bridgehead atoms. The molecule has 1 unspecified atom stereocenters. The summed E-state index contributed by atoms with van der Waals surface area (Å²) in [5.41, 5.74) is 1.12. The molecule has 1 fully saturated rings. The zero-order valence-corrected chi connectivity index (χ0v) is 15.0. The molecule has 1 saturated heterocycles. The minimum atomic E-state index is -3.88. The average Bonchev–Trinajstić information content (AvgIpc) is 2.62. The molecule has 2 aromatic carbocycles. The molecule has 2 amide bonds. The lowest BCUT2D eigenvalue weighted by Gasteiger charge is -2.34. The largest absolute Gasteiger partial charge is 0.353 e. The standard InChI is InChI=1S/C18H19N3O4S/c1-13(22)20-15-7-9-16(10-8-15)26(24,25)21-12-11-19-18(23)17(21)14-5-3-2-4-6-14/h2-10,17H,11-12H2,1H3,(H,19,23)(H,20,22). The van der Waals surface area contributed by atoms with Crippen LogP contribution in [0.2, 0.25) is 0 Å². The first-order valence-corrected chi connectivity index (χ1v) is 9.56. The van der Waals surface area contributed by atoms with Crippen molar-refractivity contribution in [3.63, 3.8) is 0 Å². The number of sulfonamides is 1. The Labute approximate surface area is 152 Å². The molecule has 0 aliphatic carbocycles. The second-order valence-corrected chi connectivity index (χ2v) is 7.82. The maximum absolute atomic E-state index is 13.1. The van der Waals surface area contributed by atoms with Gasteiger partial charge in [0.05, 0.1) is 4.90 Å². The number of hydrogen-bond donors (Lipinski definition) is 2. The number of carbonyl (C=O) groups is 2. The average molecular weight is 373 g/mol. The van der Waals surface area contributed by atoms with Gasteiger partial charge in [0.2, 0.25) is 21.8 Å². The summed E-state index contributed by atoms with van der Waals surface area (Å²) in [6.45, 7) is 1.81. The number of anilines is 1. The summed E-state index contributed by atoms with van der Waals surface area (Å²) in [7, 11) is -3.88. The Balaban J connectivity index is 1.96. The molecule has 1 aliphatic rings. The summed E-state index contributed by atoms with van der Waals surface area (Å²) in [5.74, 6) is -0.585. The van der Waals surface area contributed by atoms with E-state index in [0.717, 1.165) is 0 Å². The lowest BCUT2D eigenvalue weighted by molar-refractivity contribution is -0.127. The molecular formula is C18H19N3O4S. The molecule has 1 heterocycles. The van der Waals surface area contributed by atoms with Crippen LogP contribution < -0.4 is 10.6 Å². The third-order valence-electron chi connectivity index (χ3n) is 4.06. The van der Waals surface area contributed by atoms with Crippen LogP contribution in [0, 0.1) is 0 Å². The predicted octanol–water partition coefficient (Wildman–Crippen LogP) is 1.51. The van der Waals surface area contributed by atoms with Crippen molar-refractivity contribution in [2.45, 2.75) is 17.9 Å². The maximum atomic E-state index is 13.1. The van der Waals surface area contributed by atoms with Crippen LogP contribution in [-0.4, -0.2) is 37.6 Å². The van der Waals surface area contributed by atoms with Gasteiger partial charge >= 0.3 is 0 Å². The highest BCUT2D eigenvalue weighted by Crippen LogP contribution is 2.30. The van der Waals surface area contributed by atoms with Crippen LogP contribution in [-0.2, 0) is 19.6 Å². The first-order valence-electron chi connectivity index (χ1n) is 8.12. The Morgan fingerprint density at radius 3 is 2.38 bits per heavy atom. The number of nitrogens with one attached hydrogen (secondary N) is 2. The van der Waals surface area contributed by atoms with Crippen molar-refractivity contribution in [1.29, 1.82) is 0 Å². The second-order valence-electron chi connectivity index (χ2n) is 5.93. The minimum Gasteiger partial charge on any atom is -0.353 e. The Bertz CT molecular complexity index is 911. The molecule has 2 aromatic rings. The van der Waals surface area contributed by atoms with Crippen molar-refractivity contribution in [3.05, 3.63) is 60.2 Å². The van der Waals surface area contributed by atoms with Gasteiger partial charge in [0, 0.05) is 25.7 Å². The monoisotopic (exact) mass is 373 g/mol. The summed E-state index contributed by atoms with van der Waals surface area (Å²) in [5, 5.41) is 5.32. The van der Waals surface area contributed by atoms with Gasteiger partial charge in [-0.25, -0.2) is 8.42 Å². The maximum Gasteiger partial charge on any atom is 0.244 e. The number of carbonyl (C=O) groups excluding carboxylic acids is 2. The highest BCUT2D eigenvalue weighted by Gasteiger charge is 2.39. The van der Waals surface area contributed by atoms with Gasteiger partial charge in [-0.15, -0.1) is 0 Å². The first-order chi connectivity index (χ1) is 12.4. The molecule has 1 atom stereocenters. The topological polar surface area (TPSA) is 95.6 Å². The summed E-state index contributed by atoms with van der Waals surface area (Å²) in [6, 6.07) is 13.8. The highest BCUT2D eigenvalue weighted by molar-refractivity contribution is 7.89. The van der Waals surface area contributed by atoms with E-state index in [2.05, 4.69) is 10.6 Å². The van der Waals surface area contributed by atoms with Gasteiger partial charge in [0.15, 0.2) is 0 Å². The molecule has 0 aromatic heterocycles. The molecule has 7 nitrogen and oxygen atoms in total. The molecule has 26 heavy (non-hydrogen) atoms. The lowest BCUT2D eigenvalue weighted by atomic mass is 10.1. The van der Waals surface area contributed by atoms with E-state index >= 15 is 0 Å². The van der Waals surface area contributed by atoms with Crippen LogP contribution in [0.1, 0.15) is 18.5 Å². The number of amides is 2. The van der Waals surface area contributed by atoms with Crippen LogP contribution in [0.25, 0.3) is 0 Å². The Morgan fingerprint density at radius 2 is 1.77 bits per heavy atom. The zero-order chi connectivity index (χ0) is 18.7. The predicted molar refractivity (Wildman–Crippen MR) is 96.8 cm³/mol. The van der Waals surface area contributed by atoms with Gasteiger partial charge in [-0.05, 0) is 29.8 Å². The van der Waals surface area contributed by atoms with Crippen molar-refractivity contribution in [2.24, 2.45) is 0 Å². The van der Waals surface area contributed by atoms with Crippen LogP contribution in [0.3, 0.4) is 0 Å². The van der Waals surface area contributed by atoms with Crippen LogP contribution in [0.5, 0.6) is 0 Å². The second kappa shape index (κ2) is 7.27. The van der Waals surface area contributed by atoms with E-state index in [1.54, 1.807) is 24.3 Å². The van der Waals surface area contributed by atoms with Crippen molar-refractivity contribution < 1.29 is 18.0 Å². The van der Waals surface area contributed by atoms with E-state index in [9.17, 15) is 18.0 Å². The van der Waals surface area contributed by atoms with Crippen molar-refractivity contribution >= 4 is 27.5 Å². The van der Waals surface area contributed by atoms with E-state index < -0.39 is 16.1 Å². The van der Waals surface area contributed by atoms with E-state index in [1.165, 1.54) is 35.5 Å². The molecular weight excluding hydrogens is 354 g/mol. The van der Waals surface area contributed by atoms with Gasteiger partial charge in [-0.3, -0.25) is 9.59 Å². The van der Waals surface area contributed by atoms with Crippen LogP contribution in [0.15, 0.2) is 59.5 Å². The zero-order valence-electron chi connectivity index (χ0n) is 14.2. The summed E-state index contributed by atoms with van der Waals surface area (Å²) in [6.07, 6.45) is 0. The number of benzene rings is 2. The number of hydrogen-bond acceptors (Lipinski definition) is 4. The Morgan fingerprint density at radius 1 is 1.12 bits per heavy atom. The molecule has 0 radical (unpaired) electrons. The normalized spacial score (nSPS) is 18.2. The fourth-order valence-corrected chi connectivity index (χ4v) is 4.48. The summed E-state index contributed by atoms with van der Waals surface area (Å²) in [4.78, 5) is 23.6. The number of nitrogens with zero attached hydrogens (tertiary/aromatic N) is 1. The van der Waals surface area contributed by atoms with Gasteiger partial charge < -0.3 is 10.6 Å². The first kappa shape index (κ1) is 18.1. The fourth-order valence-electron chi connectivity index (χ4n) is 2.91. The van der Waals surface area contributed by atoms with E-state index in [-0.39, 0.29) is 29.8 Å². The molecule has 1 aliphatic heterocycles. The molecule has 0 saturated carbocycles. The van der Waals surface area contributed by atoms with Crippen molar-refractivity contribution in [1.82, 2.24) is 9.62 Å². The quantitative estimate of drug-likeness (QED) is 0.849. The number of piperazine rings is 1. The van der Waals surface area contributed by atoms with Crippen molar-refractivity contribution in [3.8, 4) is 0 Å². The smallest absolute Gasteiger partial charge is 0.244 e. The summed E-state index contributed by atoms with van der Waals surface area (Å²) >= 11 is 0. The lowest BCUT2D eigenvalue weighted by Crippen LogP contribution is -2.52. The van der Waals surface area contributed by atoms with Crippen molar-refractivity contribution in [2.75, 3.05) is 18.4 Å². The fraction of sp³-hybridized carbons (Fsp3) is 0.222. The number of rotatable bonds is 4.